The van der Waals surface area contributed by atoms with Crippen LogP contribution in [-0.2, 0) is 0 Å². The van der Waals surface area contributed by atoms with Crippen molar-refractivity contribution in [3.8, 4) is 33.9 Å². The monoisotopic (exact) mass is 383 g/mol. The molecule has 0 aliphatic heterocycles. The Hall–Kier alpha value is -3.78. The van der Waals surface area contributed by atoms with Crippen molar-refractivity contribution in [3.05, 3.63) is 59.7 Å². The summed E-state index contributed by atoms with van der Waals surface area (Å²) in [6.45, 7) is 0. The molecule has 6 aromatic rings. The smallest absolute Gasteiger partial charge is 0.159 e. The summed E-state index contributed by atoms with van der Waals surface area (Å²) in [6.07, 6.45) is 5.48. The van der Waals surface area contributed by atoms with Gasteiger partial charge in [-0.05, 0) is 35.2 Å². The van der Waals surface area contributed by atoms with E-state index in [0.29, 0.717) is 0 Å². The van der Waals surface area contributed by atoms with Crippen molar-refractivity contribution in [3.63, 3.8) is 0 Å². The first-order valence-corrected chi connectivity index (χ1v) is 9.66. The van der Waals surface area contributed by atoms with Gasteiger partial charge in [0, 0.05) is 34.3 Å². The number of hydrogen-bond acceptors (Lipinski definition) is 5. The van der Waals surface area contributed by atoms with Gasteiger partial charge in [-0.3, -0.25) is 15.2 Å². The van der Waals surface area contributed by atoms with Gasteiger partial charge in [0.15, 0.2) is 5.82 Å². The number of nitrogens with zero attached hydrogens (tertiary/aromatic N) is 4. The fourth-order valence-corrected chi connectivity index (χ4v) is 4.08. The molecule has 1 aromatic carbocycles. The van der Waals surface area contributed by atoms with Crippen molar-refractivity contribution >= 4 is 33.3 Å². The number of thiophene rings is 1. The molecular formula is C20H13N7S. The Morgan fingerprint density at radius 1 is 0.929 bits per heavy atom. The number of fused-ring (bicyclic) bond motifs is 2. The predicted octanol–water partition coefficient (Wildman–Crippen LogP) is 4.62. The SMILES string of the molecule is c1cc2[nH]c(-c3n[nH]c4ccc(-c5cn[nH]c5)cc34)nc2c(-c2ccsc2)n1. The maximum Gasteiger partial charge on any atom is 0.159 e. The summed E-state index contributed by atoms with van der Waals surface area (Å²) in [5.74, 6) is 0.718. The van der Waals surface area contributed by atoms with Crippen LogP contribution in [0.1, 0.15) is 0 Å². The van der Waals surface area contributed by atoms with Crippen LogP contribution >= 0.6 is 11.3 Å². The van der Waals surface area contributed by atoms with Gasteiger partial charge in [-0.25, -0.2) is 4.98 Å². The van der Waals surface area contributed by atoms with Crippen molar-refractivity contribution < 1.29 is 0 Å². The fourth-order valence-electron chi connectivity index (χ4n) is 3.44. The molecule has 0 saturated heterocycles. The molecule has 0 spiro atoms. The molecule has 0 amide bonds. The zero-order chi connectivity index (χ0) is 18.5. The minimum Gasteiger partial charge on any atom is -0.336 e. The lowest BCUT2D eigenvalue weighted by Gasteiger charge is -1.98. The van der Waals surface area contributed by atoms with Crippen molar-refractivity contribution in [2.24, 2.45) is 0 Å². The van der Waals surface area contributed by atoms with Gasteiger partial charge < -0.3 is 4.98 Å². The Bertz CT molecular complexity index is 1410. The molecule has 3 N–H and O–H groups in total. The topological polar surface area (TPSA) is 98.9 Å². The first-order valence-electron chi connectivity index (χ1n) is 8.72. The van der Waals surface area contributed by atoms with E-state index in [0.717, 1.165) is 55.8 Å². The number of hydrogen-bond donors (Lipinski definition) is 3. The van der Waals surface area contributed by atoms with E-state index in [1.165, 1.54) is 0 Å². The van der Waals surface area contributed by atoms with E-state index in [4.69, 9.17) is 4.98 Å². The number of pyridine rings is 1. The van der Waals surface area contributed by atoms with Gasteiger partial charge in [-0.15, -0.1) is 0 Å². The van der Waals surface area contributed by atoms with Crippen LogP contribution in [-0.4, -0.2) is 35.3 Å². The molecule has 6 rings (SSSR count). The zero-order valence-electron chi connectivity index (χ0n) is 14.5. The fraction of sp³-hybridized carbons (Fsp3) is 0. The summed E-state index contributed by atoms with van der Waals surface area (Å²) in [7, 11) is 0. The average molecular weight is 383 g/mol. The molecule has 5 heterocycles. The third kappa shape index (κ3) is 2.28. The van der Waals surface area contributed by atoms with Gasteiger partial charge in [0.25, 0.3) is 0 Å². The molecule has 0 aliphatic rings. The highest BCUT2D eigenvalue weighted by Crippen LogP contribution is 2.32. The van der Waals surface area contributed by atoms with E-state index in [2.05, 4.69) is 47.9 Å². The van der Waals surface area contributed by atoms with Crippen LogP contribution in [0.4, 0.5) is 0 Å². The van der Waals surface area contributed by atoms with Crippen molar-refractivity contribution in [2.75, 3.05) is 0 Å². The summed E-state index contributed by atoms with van der Waals surface area (Å²) in [6, 6.07) is 10.2. The third-order valence-electron chi connectivity index (χ3n) is 4.81. The highest BCUT2D eigenvalue weighted by atomic mass is 32.1. The molecule has 0 unspecified atom stereocenters. The molecule has 0 atom stereocenters. The Balaban J connectivity index is 1.55. The number of aromatic nitrogens is 7. The molecule has 8 heteroatoms. The van der Waals surface area contributed by atoms with E-state index >= 15 is 0 Å². The standard InChI is InChI=1S/C20H13N7S/c1-2-15-14(7-11(1)13-8-22-23-9-13)18(27-26-15)20-24-16-3-5-21-17(19(16)25-20)12-4-6-28-10-12/h1-10H,(H,22,23)(H,24,25)(H,26,27). The van der Waals surface area contributed by atoms with Gasteiger partial charge in [0.2, 0.25) is 0 Å². The van der Waals surface area contributed by atoms with E-state index in [1.54, 1.807) is 23.7 Å². The van der Waals surface area contributed by atoms with Crippen LogP contribution in [0, 0.1) is 0 Å². The quantitative estimate of drug-likeness (QED) is 0.415. The summed E-state index contributed by atoms with van der Waals surface area (Å²) >= 11 is 1.65. The first-order chi connectivity index (χ1) is 13.9. The van der Waals surface area contributed by atoms with Crippen LogP contribution in [0.15, 0.2) is 59.7 Å². The lowest BCUT2D eigenvalue weighted by atomic mass is 10.1. The predicted molar refractivity (Wildman–Crippen MR) is 110 cm³/mol. The number of benzene rings is 1. The number of aromatic amines is 3. The molecule has 7 nitrogen and oxygen atoms in total. The Labute approximate surface area is 162 Å². The molecule has 0 fully saturated rings. The number of nitrogens with one attached hydrogen (secondary N) is 3. The lowest BCUT2D eigenvalue weighted by Crippen LogP contribution is -1.83. The maximum atomic E-state index is 4.84. The van der Waals surface area contributed by atoms with E-state index in [-0.39, 0.29) is 0 Å². The molecule has 0 bridgehead atoms. The minimum absolute atomic E-state index is 0.718. The van der Waals surface area contributed by atoms with E-state index in [1.807, 2.05) is 29.8 Å². The van der Waals surface area contributed by atoms with Crippen LogP contribution < -0.4 is 0 Å². The summed E-state index contributed by atoms with van der Waals surface area (Å²) < 4.78 is 0. The maximum absolute atomic E-state index is 4.84. The van der Waals surface area contributed by atoms with Gasteiger partial charge in [0.1, 0.15) is 11.2 Å². The highest BCUT2D eigenvalue weighted by Gasteiger charge is 2.16. The second-order valence-corrected chi connectivity index (χ2v) is 7.25. The largest absolute Gasteiger partial charge is 0.336 e. The molecule has 28 heavy (non-hydrogen) atoms. The molecule has 5 aromatic heterocycles. The van der Waals surface area contributed by atoms with E-state index < -0.39 is 0 Å². The third-order valence-corrected chi connectivity index (χ3v) is 5.50. The second kappa shape index (κ2) is 5.86. The Morgan fingerprint density at radius 2 is 1.93 bits per heavy atom. The highest BCUT2D eigenvalue weighted by molar-refractivity contribution is 7.08. The Morgan fingerprint density at radius 3 is 2.79 bits per heavy atom. The van der Waals surface area contributed by atoms with Gasteiger partial charge >= 0.3 is 0 Å². The van der Waals surface area contributed by atoms with Gasteiger partial charge in [0.05, 0.1) is 22.9 Å². The van der Waals surface area contributed by atoms with Gasteiger partial charge in [-0.2, -0.15) is 21.5 Å². The van der Waals surface area contributed by atoms with Gasteiger partial charge in [-0.1, -0.05) is 6.07 Å². The average Bonchev–Trinajstić information content (AvgIpc) is 3.53. The number of imidazole rings is 1. The molecule has 0 saturated carbocycles. The van der Waals surface area contributed by atoms with Crippen molar-refractivity contribution in [2.45, 2.75) is 0 Å². The second-order valence-electron chi connectivity index (χ2n) is 6.47. The summed E-state index contributed by atoms with van der Waals surface area (Å²) in [5.41, 5.74) is 7.57. The molecule has 0 aliphatic carbocycles. The summed E-state index contributed by atoms with van der Waals surface area (Å²) in [5, 5.41) is 19.6. The molecule has 0 radical (unpaired) electrons. The zero-order valence-corrected chi connectivity index (χ0v) is 15.3. The van der Waals surface area contributed by atoms with Crippen molar-refractivity contribution in [1.82, 2.24) is 35.3 Å². The normalized spacial score (nSPS) is 11.6. The minimum atomic E-state index is 0.718. The Kier molecular flexibility index (Phi) is 3.20. The lowest BCUT2D eigenvalue weighted by molar-refractivity contribution is 1.09. The number of rotatable bonds is 3. The van der Waals surface area contributed by atoms with Crippen LogP contribution in [0.25, 0.3) is 55.8 Å². The first kappa shape index (κ1) is 15.3. The van der Waals surface area contributed by atoms with Crippen LogP contribution in [0.5, 0.6) is 0 Å². The van der Waals surface area contributed by atoms with Crippen LogP contribution in [0.3, 0.4) is 0 Å². The molecular weight excluding hydrogens is 370 g/mol. The van der Waals surface area contributed by atoms with E-state index in [9.17, 15) is 0 Å². The van der Waals surface area contributed by atoms with Crippen LogP contribution in [0.2, 0.25) is 0 Å². The molecule has 134 valence electrons. The summed E-state index contributed by atoms with van der Waals surface area (Å²) in [4.78, 5) is 12.8. The van der Waals surface area contributed by atoms with Crippen molar-refractivity contribution in [1.29, 1.82) is 0 Å². The number of H-pyrrole nitrogens is 3.